The van der Waals surface area contributed by atoms with Crippen LogP contribution in [0.5, 0.6) is 0 Å². The average molecular weight is 808 g/mol. The normalized spacial score (nSPS) is 14.5. The van der Waals surface area contributed by atoms with Crippen LogP contribution >= 0.6 is 7.82 Å². The molecule has 0 rings (SSSR count). The summed E-state index contributed by atoms with van der Waals surface area (Å²) in [6, 6.07) is -1.53. The van der Waals surface area contributed by atoms with E-state index >= 15 is 0 Å². The van der Waals surface area contributed by atoms with Gasteiger partial charge in [-0.05, 0) is 83.5 Å². The lowest BCUT2D eigenvalue weighted by atomic mass is 10.1. The standard InChI is InChI=1S/C44H74NO10P/c1-3-5-7-9-11-13-15-17-19-20-22-24-26-28-30-32-34-36-43(47)55-40(38-53-56(50,51)54-39-41(45)44(48)49)37-52-42(46)35-33-31-29-27-25-23-21-18-16-14-12-10-8-6-4-2/h6,8,11-14,17-19,21-22,24,40-41H,3-5,7,9-10,15-16,20,23,25-39,45H2,1-2H3,(H,48,49)(H,50,51)/b8-6+,13-11+,14-12+,19-17+,21-18+,24-22+/t40-,41+/m1/s1. The van der Waals surface area contributed by atoms with Crippen molar-refractivity contribution < 1.29 is 47.5 Å². The first kappa shape index (κ1) is 52.9. The average Bonchev–Trinajstić information content (AvgIpc) is 3.17. The first-order valence-electron chi connectivity index (χ1n) is 21.0. The van der Waals surface area contributed by atoms with Crippen LogP contribution in [0.15, 0.2) is 72.9 Å². The smallest absolute Gasteiger partial charge is 0.472 e. The summed E-state index contributed by atoms with van der Waals surface area (Å²) in [7, 11) is -4.73. The van der Waals surface area contributed by atoms with Gasteiger partial charge in [0.15, 0.2) is 6.10 Å². The number of hydrogen-bond acceptors (Lipinski definition) is 9. The first-order valence-corrected chi connectivity index (χ1v) is 22.5. The Bertz CT molecular complexity index is 1230. The van der Waals surface area contributed by atoms with Crippen molar-refractivity contribution in [1.29, 1.82) is 0 Å². The molecule has 0 aromatic rings. The minimum atomic E-state index is -4.73. The quantitative estimate of drug-likeness (QED) is 0.0235. The summed E-state index contributed by atoms with van der Waals surface area (Å²) in [4.78, 5) is 45.9. The molecular formula is C44H74NO10P. The van der Waals surface area contributed by atoms with Crippen LogP contribution in [0.1, 0.15) is 155 Å². The van der Waals surface area contributed by atoms with Crippen molar-refractivity contribution in [2.75, 3.05) is 19.8 Å². The zero-order valence-electron chi connectivity index (χ0n) is 34.4. The molecule has 12 heteroatoms. The molecule has 0 aromatic heterocycles. The largest absolute Gasteiger partial charge is 0.480 e. The van der Waals surface area contributed by atoms with Crippen molar-refractivity contribution in [3.05, 3.63) is 72.9 Å². The Labute approximate surface area is 338 Å². The van der Waals surface area contributed by atoms with Crippen LogP contribution in [0.3, 0.4) is 0 Å². The van der Waals surface area contributed by atoms with Gasteiger partial charge < -0.3 is 25.2 Å². The summed E-state index contributed by atoms with van der Waals surface area (Å²) >= 11 is 0. The van der Waals surface area contributed by atoms with Gasteiger partial charge >= 0.3 is 25.7 Å². The molecular weight excluding hydrogens is 733 g/mol. The van der Waals surface area contributed by atoms with Crippen LogP contribution in [0.4, 0.5) is 0 Å². The molecule has 56 heavy (non-hydrogen) atoms. The lowest BCUT2D eigenvalue weighted by molar-refractivity contribution is -0.161. The van der Waals surface area contributed by atoms with Gasteiger partial charge in [0.05, 0.1) is 13.2 Å². The number of phosphoric ester groups is 1. The number of nitrogens with two attached hydrogens (primary N) is 1. The molecule has 0 spiro atoms. The third kappa shape index (κ3) is 37.8. The second kappa shape index (κ2) is 38.8. The second-order valence-corrected chi connectivity index (χ2v) is 15.2. The Morgan fingerprint density at radius 3 is 1.50 bits per heavy atom. The zero-order valence-corrected chi connectivity index (χ0v) is 35.3. The lowest BCUT2D eigenvalue weighted by Crippen LogP contribution is -2.34. The Hall–Kier alpha value is -3.08. The fourth-order valence-corrected chi connectivity index (χ4v) is 5.92. The number of aliphatic carboxylic acids is 1. The van der Waals surface area contributed by atoms with Crippen LogP contribution in [0, 0.1) is 0 Å². The highest BCUT2D eigenvalue weighted by Gasteiger charge is 2.28. The number of allylic oxidation sites excluding steroid dienone is 12. The fraction of sp³-hybridized carbons (Fsp3) is 0.659. The third-order valence-electron chi connectivity index (χ3n) is 8.44. The van der Waals surface area contributed by atoms with Crippen molar-refractivity contribution >= 4 is 25.7 Å². The first-order chi connectivity index (χ1) is 27.1. The summed E-state index contributed by atoms with van der Waals surface area (Å²) in [6.45, 7) is 2.60. The number of rotatable bonds is 38. The maximum absolute atomic E-state index is 12.6. The van der Waals surface area contributed by atoms with Crippen LogP contribution in [-0.2, 0) is 37.5 Å². The molecule has 0 amide bonds. The van der Waals surface area contributed by atoms with E-state index in [4.69, 9.17) is 24.8 Å². The number of ether oxygens (including phenoxy) is 2. The van der Waals surface area contributed by atoms with Crippen LogP contribution in [-0.4, -0.2) is 59.9 Å². The number of hydrogen-bond donors (Lipinski definition) is 3. The zero-order chi connectivity index (χ0) is 41.4. The van der Waals surface area contributed by atoms with Gasteiger partial charge in [-0.3, -0.25) is 23.4 Å². The molecule has 0 aliphatic carbocycles. The van der Waals surface area contributed by atoms with E-state index in [0.717, 1.165) is 96.3 Å². The minimum absolute atomic E-state index is 0.128. The van der Waals surface area contributed by atoms with Gasteiger partial charge in [0.25, 0.3) is 0 Å². The van der Waals surface area contributed by atoms with Crippen molar-refractivity contribution in [2.24, 2.45) is 5.73 Å². The van der Waals surface area contributed by atoms with Crippen molar-refractivity contribution in [3.63, 3.8) is 0 Å². The number of unbranched alkanes of at least 4 members (excludes halogenated alkanes) is 12. The maximum atomic E-state index is 12.6. The van der Waals surface area contributed by atoms with Gasteiger partial charge in [0, 0.05) is 12.8 Å². The van der Waals surface area contributed by atoms with E-state index in [0.29, 0.717) is 12.8 Å². The summed E-state index contributed by atoms with van der Waals surface area (Å²) in [6.07, 6.45) is 45.3. The Kier molecular flexibility index (Phi) is 36.6. The SMILES string of the molecule is CC/C=C/C/C=C/C/C=C/CCCCCCCC(=O)OC[C@H](COP(=O)(O)OC[C@H](N)C(=O)O)OC(=O)CCCCCC/C=C/C/C=C/C/C=C/CCCCC. The third-order valence-corrected chi connectivity index (χ3v) is 9.39. The number of phosphoric acid groups is 1. The molecule has 3 atom stereocenters. The fourth-order valence-electron chi connectivity index (χ4n) is 5.14. The second-order valence-electron chi connectivity index (χ2n) is 13.7. The van der Waals surface area contributed by atoms with Gasteiger partial charge in [-0.1, -0.05) is 132 Å². The summed E-state index contributed by atoms with van der Waals surface area (Å²) in [5, 5.41) is 8.88. The van der Waals surface area contributed by atoms with Crippen molar-refractivity contribution in [3.8, 4) is 0 Å². The lowest BCUT2D eigenvalue weighted by Gasteiger charge is -2.20. The molecule has 4 N–H and O–H groups in total. The van der Waals surface area contributed by atoms with Gasteiger partial charge in [-0.25, -0.2) is 4.57 Å². The monoisotopic (exact) mass is 808 g/mol. The van der Waals surface area contributed by atoms with Crippen molar-refractivity contribution in [1.82, 2.24) is 0 Å². The van der Waals surface area contributed by atoms with Gasteiger partial charge in [-0.15, -0.1) is 0 Å². The molecule has 0 radical (unpaired) electrons. The highest BCUT2D eigenvalue weighted by Crippen LogP contribution is 2.43. The summed E-state index contributed by atoms with van der Waals surface area (Å²) in [5.74, 6) is -2.44. The van der Waals surface area contributed by atoms with E-state index in [1.54, 1.807) is 0 Å². The van der Waals surface area contributed by atoms with Crippen LogP contribution in [0.2, 0.25) is 0 Å². The number of carbonyl (C=O) groups excluding carboxylic acids is 2. The van der Waals surface area contributed by atoms with Gasteiger partial charge in [0.1, 0.15) is 12.6 Å². The van der Waals surface area contributed by atoms with Crippen LogP contribution in [0.25, 0.3) is 0 Å². The Morgan fingerprint density at radius 2 is 1.00 bits per heavy atom. The van der Waals surface area contributed by atoms with Gasteiger partial charge in [0.2, 0.25) is 0 Å². The van der Waals surface area contributed by atoms with E-state index in [2.05, 4.69) is 91.3 Å². The molecule has 1 unspecified atom stereocenters. The maximum Gasteiger partial charge on any atom is 0.472 e. The van der Waals surface area contributed by atoms with Crippen molar-refractivity contribution in [2.45, 2.75) is 167 Å². The number of esters is 2. The van der Waals surface area contributed by atoms with E-state index in [1.807, 2.05) is 0 Å². The Balaban J connectivity index is 4.48. The number of carboxylic acid groups (broad SMARTS) is 1. The van der Waals surface area contributed by atoms with Crippen LogP contribution < -0.4 is 5.73 Å². The molecule has 11 nitrogen and oxygen atoms in total. The number of carboxylic acids is 1. The topological polar surface area (TPSA) is 172 Å². The van der Waals surface area contributed by atoms with E-state index in [9.17, 15) is 23.8 Å². The molecule has 0 saturated heterocycles. The molecule has 0 aliphatic heterocycles. The predicted molar refractivity (Wildman–Crippen MR) is 226 cm³/mol. The van der Waals surface area contributed by atoms with E-state index < -0.39 is 51.1 Å². The Morgan fingerprint density at radius 1 is 0.571 bits per heavy atom. The predicted octanol–water partition coefficient (Wildman–Crippen LogP) is 10.9. The molecule has 0 fully saturated rings. The highest BCUT2D eigenvalue weighted by molar-refractivity contribution is 7.47. The number of carbonyl (C=O) groups is 3. The molecule has 0 bridgehead atoms. The minimum Gasteiger partial charge on any atom is -0.480 e. The highest BCUT2D eigenvalue weighted by atomic mass is 31.2. The van der Waals surface area contributed by atoms with E-state index in [-0.39, 0.29) is 19.4 Å². The summed E-state index contributed by atoms with van der Waals surface area (Å²) in [5.41, 5.74) is 5.32. The molecule has 0 aromatic carbocycles. The molecule has 0 heterocycles. The van der Waals surface area contributed by atoms with E-state index in [1.165, 1.54) is 19.3 Å². The molecule has 320 valence electrons. The molecule has 0 saturated carbocycles. The summed E-state index contributed by atoms with van der Waals surface area (Å²) < 4.78 is 32.6. The molecule has 0 aliphatic rings. The van der Waals surface area contributed by atoms with Gasteiger partial charge in [-0.2, -0.15) is 0 Å².